The molecule has 1 heterocycles. The van der Waals surface area contributed by atoms with Crippen LogP contribution in [0, 0.1) is 0 Å². The molecule has 0 unspecified atom stereocenters. The van der Waals surface area contributed by atoms with Crippen molar-refractivity contribution < 1.29 is 4.79 Å². The predicted molar refractivity (Wildman–Crippen MR) is 93.4 cm³/mol. The summed E-state index contributed by atoms with van der Waals surface area (Å²) in [7, 11) is 0. The number of amides is 1. The van der Waals surface area contributed by atoms with Crippen LogP contribution in [0.5, 0.6) is 0 Å². The number of benzene rings is 2. The lowest BCUT2D eigenvalue weighted by atomic mass is 10.1. The monoisotopic (exact) mass is 395 g/mol. The molecule has 1 N–H and O–H groups in total. The molecule has 0 bridgehead atoms. The van der Waals surface area contributed by atoms with E-state index in [0.717, 1.165) is 15.7 Å². The van der Waals surface area contributed by atoms with Crippen LogP contribution >= 0.6 is 39.1 Å². The van der Waals surface area contributed by atoms with Gasteiger partial charge in [0, 0.05) is 10.0 Å². The van der Waals surface area contributed by atoms with Crippen molar-refractivity contribution in [2.24, 2.45) is 10.2 Å². The zero-order valence-electron chi connectivity index (χ0n) is 11.0. The fourth-order valence-corrected chi connectivity index (χ4v) is 2.64. The van der Waals surface area contributed by atoms with E-state index in [1.54, 1.807) is 18.2 Å². The maximum absolute atomic E-state index is 11.9. The number of nitrogens with zero attached hydrogens (tertiary/aromatic N) is 2. The van der Waals surface area contributed by atoms with E-state index in [1.807, 2.05) is 18.2 Å². The minimum absolute atomic E-state index is 0.271. The lowest BCUT2D eigenvalue weighted by Crippen LogP contribution is -2.13. The fourth-order valence-electron chi connectivity index (χ4n) is 1.97. The number of rotatable bonds is 2. The van der Waals surface area contributed by atoms with Crippen molar-refractivity contribution in [1.29, 1.82) is 0 Å². The Morgan fingerprint density at radius 3 is 2.68 bits per heavy atom. The Kier molecular flexibility index (Phi) is 4.29. The molecule has 110 valence electrons. The van der Waals surface area contributed by atoms with E-state index in [-0.39, 0.29) is 11.6 Å². The molecule has 0 radical (unpaired) electrons. The molecule has 2 aromatic rings. The Balaban J connectivity index is 1.90. The van der Waals surface area contributed by atoms with Crippen molar-refractivity contribution in [3.63, 3.8) is 0 Å². The number of hydrogen-bond donors (Lipinski definition) is 1. The molecule has 3 rings (SSSR count). The van der Waals surface area contributed by atoms with Crippen molar-refractivity contribution in [2.45, 2.75) is 0 Å². The summed E-state index contributed by atoms with van der Waals surface area (Å²) in [5.74, 6) is -0.278. The Morgan fingerprint density at radius 2 is 1.91 bits per heavy atom. The first-order valence-corrected chi connectivity index (χ1v) is 7.77. The highest BCUT2D eigenvalue weighted by Crippen LogP contribution is 2.27. The molecule has 2 aromatic carbocycles. The van der Waals surface area contributed by atoms with Gasteiger partial charge in [0.25, 0.3) is 5.91 Å². The van der Waals surface area contributed by atoms with Crippen molar-refractivity contribution in [1.82, 2.24) is 0 Å². The molecule has 7 heteroatoms. The Labute approximate surface area is 145 Å². The van der Waals surface area contributed by atoms with Crippen LogP contribution in [0.25, 0.3) is 0 Å². The standard InChI is InChI=1S/C15H8BrCl2N3O/c16-9-2-4-13-10(6-9)14(15(22)20-13)21-19-7-8-1-3-11(17)12(18)5-8/h1-7H,(H,20,21,22). The van der Waals surface area contributed by atoms with Gasteiger partial charge >= 0.3 is 0 Å². The number of carbonyl (C=O) groups excluding carboxylic acids is 1. The third-order valence-electron chi connectivity index (χ3n) is 3.01. The van der Waals surface area contributed by atoms with E-state index in [0.29, 0.717) is 15.6 Å². The summed E-state index contributed by atoms with van der Waals surface area (Å²) in [6.07, 6.45) is 1.51. The molecular weight excluding hydrogens is 389 g/mol. The number of fused-ring (bicyclic) bond motifs is 1. The van der Waals surface area contributed by atoms with Gasteiger partial charge in [0.2, 0.25) is 0 Å². The van der Waals surface area contributed by atoms with Crippen LogP contribution < -0.4 is 5.32 Å². The number of nitrogens with one attached hydrogen (secondary N) is 1. The molecule has 1 aliphatic heterocycles. The largest absolute Gasteiger partial charge is 0.320 e. The quantitative estimate of drug-likeness (QED) is 0.588. The van der Waals surface area contributed by atoms with E-state index < -0.39 is 0 Å². The molecule has 0 atom stereocenters. The number of carbonyl (C=O) groups is 1. The zero-order chi connectivity index (χ0) is 15.7. The molecule has 0 spiro atoms. The molecule has 4 nitrogen and oxygen atoms in total. The maximum Gasteiger partial charge on any atom is 0.276 e. The Hall–Kier alpha value is -1.69. The summed E-state index contributed by atoms with van der Waals surface area (Å²) in [5.41, 5.74) is 2.45. The SMILES string of the molecule is O=C1Nc2ccc(Br)cc2/C1=N\N=Cc1ccc(Cl)c(Cl)c1. The Bertz CT molecular complexity index is 834. The predicted octanol–water partition coefficient (Wildman–Crippen LogP) is 4.53. The third kappa shape index (κ3) is 3.06. The molecule has 0 aromatic heterocycles. The minimum atomic E-state index is -0.278. The van der Waals surface area contributed by atoms with Crippen molar-refractivity contribution in [3.8, 4) is 0 Å². The summed E-state index contributed by atoms with van der Waals surface area (Å²) in [6.45, 7) is 0. The van der Waals surface area contributed by atoms with Crippen LogP contribution in [0.4, 0.5) is 5.69 Å². The first-order valence-electron chi connectivity index (χ1n) is 6.22. The van der Waals surface area contributed by atoms with Crippen molar-refractivity contribution >= 4 is 62.7 Å². The molecule has 0 saturated heterocycles. The second-order valence-corrected chi connectivity index (χ2v) is 6.24. The summed E-state index contributed by atoms with van der Waals surface area (Å²) < 4.78 is 0.865. The van der Waals surface area contributed by atoms with Gasteiger partial charge in [-0.3, -0.25) is 4.79 Å². The maximum atomic E-state index is 11.9. The highest BCUT2D eigenvalue weighted by atomic mass is 79.9. The van der Waals surface area contributed by atoms with Gasteiger partial charge in [-0.2, -0.15) is 5.10 Å². The second kappa shape index (κ2) is 6.20. The van der Waals surface area contributed by atoms with Crippen molar-refractivity contribution in [2.75, 3.05) is 5.32 Å². The summed E-state index contributed by atoms with van der Waals surface area (Å²) in [6, 6.07) is 10.6. The first kappa shape index (κ1) is 15.2. The van der Waals surface area contributed by atoms with Gasteiger partial charge in [0.15, 0.2) is 5.71 Å². The van der Waals surface area contributed by atoms with Crippen LogP contribution in [-0.4, -0.2) is 17.8 Å². The fraction of sp³-hybridized carbons (Fsp3) is 0. The molecule has 0 saturated carbocycles. The highest BCUT2D eigenvalue weighted by Gasteiger charge is 2.26. The number of halogens is 3. The highest BCUT2D eigenvalue weighted by molar-refractivity contribution is 9.10. The molecule has 22 heavy (non-hydrogen) atoms. The number of anilines is 1. The summed E-state index contributed by atoms with van der Waals surface area (Å²) in [5, 5.41) is 11.6. The van der Waals surface area contributed by atoms with E-state index in [9.17, 15) is 4.79 Å². The van der Waals surface area contributed by atoms with E-state index >= 15 is 0 Å². The summed E-state index contributed by atoms with van der Waals surface area (Å²) >= 11 is 15.1. The topological polar surface area (TPSA) is 53.8 Å². The van der Waals surface area contributed by atoms with Gasteiger partial charge in [0.05, 0.1) is 21.9 Å². The second-order valence-electron chi connectivity index (χ2n) is 4.51. The van der Waals surface area contributed by atoms with Crippen LogP contribution in [0.3, 0.4) is 0 Å². The Morgan fingerprint density at radius 1 is 1.09 bits per heavy atom. The normalized spacial score (nSPS) is 15.4. The lowest BCUT2D eigenvalue weighted by Gasteiger charge is -1.97. The van der Waals surface area contributed by atoms with Crippen LogP contribution in [-0.2, 0) is 4.79 Å². The van der Waals surface area contributed by atoms with E-state index in [1.165, 1.54) is 6.21 Å². The van der Waals surface area contributed by atoms with Gasteiger partial charge in [0.1, 0.15) is 0 Å². The van der Waals surface area contributed by atoms with Crippen LogP contribution in [0.1, 0.15) is 11.1 Å². The van der Waals surface area contributed by atoms with Crippen LogP contribution in [0.2, 0.25) is 10.0 Å². The van der Waals surface area contributed by atoms with E-state index in [4.69, 9.17) is 23.2 Å². The molecule has 1 amide bonds. The average molecular weight is 397 g/mol. The first-order chi connectivity index (χ1) is 10.5. The smallest absolute Gasteiger partial charge is 0.276 e. The average Bonchev–Trinajstić information content (AvgIpc) is 2.79. The van der Waals surface area contributed by atoms with Gasteiger partial charge in [-0.25, -0.2) is 0 Å². The molecular formula is C15H8BrCl2N3O. The van der Waals surface area contributed by atoms with E-state index in [2.05, 4.69) is 31.4 Å². The minimum Gasteiger partial charge on any atom is -0.320 e. The van der Waals surface area contributed by atoms with Gasteiger partial charge in [-0.15, -0.1) is 5.10 Å². The lowest BCUT2D eigenvalue weighted by molar-refractivity contribution is -0.110. The molecule has 1 aliphatic rings. The van der Waals surface area contributed by atoms with Crippen LogP contribution in [0.15, 0.2) is 51.1 Å². The third-order valence-corrected chi connectivity index (χ3v) is 4.24. The zero-order valence-corrected chi connectivity index (χ0v) is 14.1. The van der Waals surface area contributed by atoms with Gasteiger partial charge in [-0.1, -0.05) is 45.2 Å². The van der Waals surface area contributed by atoms with Gasteiger partial charge < -0.3 is 5.32 Å². The summed E-state index contributed by atoms with van der Waals surface area (Å²) in [4.78, 5) is 11.9. The number of hydrogen-bond acceptors (Lipinski definition) is 3. The molecule has 0 fully saturated rings. The van der Waals surface area contributed by atoms with Gasteiger partial charge in [-0.05, 0) is 35.9 Å². The van der Waals surface area contributed by atoms with Crippen molar-refractivity contribution in [3.05, 3.63) is 62.0 Å². The molecule has 0 aliphatic carbocycles.